The van der Waals surface area contributed by atoms with E-state index in [1.165, 1.54) is 13.0 Å². The van der Waals surface area contributed by atoms with Crippen molar-refractivity contribution in [3.05, 3.63) is 39.4 Å². The highest BCUT2D eigenvalue weighted by Crippen LogP contribution is 2.44. The van der Waals surface area contributed by atoms with E-state index in [0.29, 0.717) is 18.5 Å². The number of hydrogen-bond donors (Lipinski definition) is 2. The van der Waals surface area contributed by atoms with Crippen molar-refractivity contribution in [2.45, 2.75) is 39.1 Å². The van der Waals surface area contributed by atoms with Crippen molar-refractivity contribution >= 4 is 24.2 Å². The molecule has 8 nitrogen and oxygen atoms in total. The zero-order chi connectivity index (χ0) is 17.6. The summed E-state index contributed by atoms with van der Waals surface area (Å²) in [4.78, 5) is 22.3. The highest BCUT2D eigenvalue weighted by Gasteiger charge is 2.22. The van der Waals surface area contributed by atoms with Crippen LogP contribution in [0.25, 0.3) is 0 Å². The maximum atomic E-state index is 11.7. The lowest BCUT2D eigenvalue weighted by atomic mass is 10.0. The summed E-state index contributed by atoms with van der Waals surface area (Å²) in [6.45, 7) is -0.0366. The number of aliphatic hydroxyl groups is 1. The van der Waals surface area contributed by atoms with Crippen LogP contribution >= 0.6 is 6.72 Å². The molecule has 0 aliphatic carbocycles. The van der Waals surface area contributed by atoms with E-state index in [-0.39, 0.29) is 11.3 Å². The molecule has 3 unspecified atom stereocenters. The van der Waals surface area contributed by atoms with Crippen molar-refractivity contribution in [1.29, 1.82) is 0 Å². The first-order chi connectivity index (χ1) is 10.7. The minimum atomic E-state index is -3.69. The van der Waals surface area contributed by atoms with Crippen LogP contribution in [0.4, 0.5) is 5.69 Å². The Bertz CT molecular complexity index is 600. The van der Waals surface area contributed by atoms with Crippen molar-refractivity contribution in [1.82, 2.24) is 5.32 Å². The molecule has 3 atom stereocenters. The predicted molar refractivity (Wildman–Crippen MR) is 87.0 cm³/mol. The Morgan fingerprint density at radius 2 is 2.17 bits per heavy atom. The molecule has 1 aromatic carbocycles. The summed E-state index contributed by atoms with van der Waals surface area (Å²) in [6.07, 6.45) is -1.01. The van der Waals surface area contributed by atoms with Gasteiger partial charge in [-0.15, -0.1) is 0 Å². The van der Waals surface area contributed by atoms with Crippen LogP contribution in [0.3, 0.4) is 0 Å². The van der Waals surface area contributed by atoms with Gasteiger partial charge in [0.15, 0.2) is 0 Å². The van der Waals surface area contributed by atoms with Crippen molar-refractivity contribution in [2.24, 2.45) is 0 Å². The van der Waals surface area contributed by atoms with Gasteiger partial charge in [-0.3, -0.25) is 15.4 Å². The van der Waals surface area contributed by atoms with Gasteiger partial charge in [0.25, 0.3) is 5.69 Å². The Kier molecular flexibility index (Phi) is 7.69. The van der Waals surface area contributed by atoms with Crippen LogP contribution in [0, 0.1) is 10.1 Å². The van der Waals surface area contributed by atoms with Crippen LogP contribution in [0.1, 0.15) is 37.5 Å². The van der Waals surface area contributed by atoms with Crippen molar-refractivity contribution in [3.63, 3.8) is 0 Å². The average Bonchev–Trinajstić information content (AvgIpc) is 2.51. The van der Waals surface area contributed by atoms with Gasteiger partial charge in [0, 0.05) is 19.7 Å². The van der Waals surface area contributed by atoms with Crippen LogP contribution in [-0.2, 0) is 27.4 Å². The van der Waals surface area contributed by atoms with Gasteiger partial charge in [-0.05, 0) is 25.0 Å². The molecule has 2 N–H and O–H groups in total. The monoisotopic (exact) mass is 363 g/mol. The van der Waals surface area contributed by atoms with E-state index < -0.39 is 24.0 Å². The second-order valence-electron chi connectivity index (χ2n) is 4.83. The Morgan fingerprint density at radius 1 is 1.52 bits per heavy atom. The number of aliphatic hydroxyl groups excluding tert-OH is 1. The number of nitro groups is 1. The van der Waals surface area contributed by atoms with Gasteiger partial charge in [0.1, 0.15) is 12.9 Å². The summed E-state index contributed by atoms with van der Waals surface area (Å²) in [6, 6.07) is 4.47. The fourth-order valence-corrected chi connectivity index (χ4v) is 2.85. The Labute approximate surface area is 139 Å². The fraction of sp³-hybridized carbons (Fsp3) is 0.538. The third kappa shape index (κ3) is 6.23. The number of hydrogen-bond acceptors (Lipinski definition) is 8. The first-order valence-electron chi connectivity index (χ1n) is 6.94. The van der Waals surface area contributed by atoms with Crippen LogP contribution in [0.5, 0.6) is 0 Å². The lowest BCUT2D eigenvalue weighted by Gasteiger charge is -2.29. The Hall–Kier alpha value is -0.930. The zero-order valence-corrected chi connectivity index (χ0v) is 14.8. The molecular weight excluding hydrogens is 343 g/mol. The highest BCUT2D eigenvalue weighted by molar-refractivity contribution is 8.06. The molecule has 0 fully saturated rings. The number of benzene rings is 1. The Morgan fingerprint density at radius 3 is 2.70 bits per heavy atom. The molecule has 130 valence electrons. The molecular formula is C13H20N2O6PS-. The summed E-state index contributed by atoms with van der Waals surface area (Å²) in [5, 5.41) is 23.5. The van der Waals surface area contributed by atoms with Gasteiger partial charge in [0.05, 0.1) is 16.6 Å². The molecule has 0 amide bonds. The number of rotatable bonds is 9. The molecule has 0 heterocycles. The van der Waals surface area contributed by atoms with Gasteiger partial charge in [0.2, 0.25) is 0 Å². The molecule has 0 saturated carbocycles. The lowest BCUT2D eigenvalue weighted by Crippen LogP contribution is -2.27. The van der Waals surface area contributed by atoms with Crippen molar-refractivity contribution in [3.8, 4) is 0 Å². The topological polar surface area (TPSA) is 117 Å². The summed E-state index contributed by atoms with van der Waals surface area (Å²) in [5.74, 6) is 0. The van der Waals surface area contributed by atoms with Crippen LogP contribution in [0.15, 0.2) is 18.2 Å². The molecule has 10 heteroatoms. The van der Waals surface area contributed by atoms with E-state index in [0.717, 1.165) is 7.11 Å². The third-order valence-corrected chi connectivity index (χ3v) is 4.89. The molecule has 0 saturated heterocycles. The summed E-state index contributed by atoms with van der Waals surface area (Å²) in [5.41, 5.74) is 0.788. The number of nitro benzene ring substituents is 1. The first kappa shape index (κ1) is 20.1. The van der Waals surface area contributed by atoms with E-state index in [1.807, 2.05) is 6.92 Å². The quantitative estimate of drug-likeness (QED) is 0.295. The molecule has 0 bridgehead atoms. The average molecular weight is 363 g/mol. The molecule has 0 aliphatic rings. The molecule has 1 aromatic rings. The van der Waals surface area contributed by atoms with Gasteiger partial charge < -0.3 is 19.0 Å². The largest absolute Gasteiger partial charge is 0.780 e. The van der Waals surface area contributed by atoms with Gasteiger partial charge >= 0.3 is 0 Å². The Balaban J connectivity index is 3.05. The molecule has 0 aromatic heterocycles. The minimum absolute atomic E-state index is 0.164. The van der Waals surface area contributed by atoms with Gasteiger partial charge in [-0.1, -0.05) is 24.8 Å². The zero-order valence-electron chi connectivity index (χ0n) is 13.1. The second-order valence-corrected chi connectivity index (χ2v) is 7.64. The minimum Gasteiger partial charge on any atom is -0.780 e. The summed E-state index contributed by atoms with van der Waals surface area (Å²) < 4.78 is 9.73. The van der Waals surface area contributed by atoms with Crippen LogP contribution in [-0.4, -0.2) is 23.4 Å². The predicted octanol–water partition coefficient (Wildman–Crippen LogP) is 1.72. The third-order valence-electron chi connectivity index (χ3n) is 3.17. The smallest absolute Gasteiger partial charge is 0.275 e. The molecule has 23 heavy (non-hydrogen) atoms. The molecule has 0 aliphatic heterocycles. The normalized spacial score (nSPS) is 16.6. The van der Waals surface area contributed by atoms with Crippen LogP contribution < -0.4 is 10.2 Å². The van der Waals surface area contributed by atoms with Crippen LogP contribution in [0.2, 0.25) is 0 Å². The lowest BCUT2D eigenvalue weighted by molar-refractivity contribution is -0.386. The fourth-order valence-electron chi connectivity index (χ4n) is 1.88. The van der Waals surface area contributed by atoms with E-state index in [1.54, 1.807) is 12.1 Å². The van der Waals surface area contributed by atoms with Gasteiger partial charge in [-0.25, -0.2) is 0 Å². The molecule has 0 spiro atoms. The SMILES string of the molecule is CCC(O)NCc1ccc([N+](=O)[O-])c(C(C)OP([O-])(=S)OC)c1. The first-order valence-corrected chi connectivity index (χ1v) is 9.49. The summed E-state index contributed by atoms with van der Waals surface area (Å²) in [7, 11) is 1.15. The highest BCUT2D eigenvalue weighted by atomic mass is 32.5. The van der Waals surface area contributed by atoms with E-state index >= 15 is 0 Å². The summed E-state index contributed by atoms with van der Waals surface area (Å²) >= 11 is 4.66. The van der Waals surface area contributed by atoms with E-state index in [4.69, 9.17) is 4.52 Å². The van der Waals surface area contributed by atoms with E-state index in [9.17, 15) is 20.1 Å². The van der Waals surface area contributed by atoms with Crippen molar-refractivity contribution in [2.75, 3.05) is 7.11 Å². The number of nitrogens with zero attached hydrogens (tertiary/aromatic N) is 1. The second kappa shape index (κ2) is 8.79. The van der Waals surface area contributed by atoms with Gasteiger partial charge in [-0.2, -0.15) is 0 Å². The van der Waals surface area contributed by atoms with Crippen molar-refractivity contribution < 1.29 is 24.0 Å². The molecule has 1 rings (SSSR count). The maximum Gasteiger partial charge on any atom is 0.275 e. The molecule has 0 radical (unpaired) electrons. The maximum absolute atomic E-state index is 11.7. The standard InChI is InChI=1S/C13H21N2O6PS/c1-4-13(16)14-8-10-5-6-12(15(17)18)11(7-10)9(2)21-22(19,23)20-3/h5-7,9,13-14,16H,4,8H2,1-3H3,(H,19,23)/p-1. The van der Waals surface area contributed by atoms with E-state index in [2.05, 4.69) is 21.6 Å². The number of nitrogens with one attached hydrogen (secondary N) is 1.